The lowest BCUT2D eigenvalue weighted by atomic mass is 10.0. The number of nitrogens with zero attached hydrogens (tertiary/aromatic N) is 1. The van der Waals surface area contributed by atoms with E-state index in [4.69, 9.17) is 10.5 Å². The van der Waals surface area contributed by atoms with Gasteiger partial charge in [-0.3, -0.25) is 4.90 Å². The predicted molar refractivity (Wildman–Crippen MR) is 84.2 cm³/mol. The Morgan fingerprint density at radius 3 is 2.70 bits per heavy atom. The van der Waals surface area contributed by atoms with Crippen LogP contribution < -0.4 is 5.73 Å². The Balaban J connectivity index is 3.07. The summed E-state index contributed by atoms with van der Waals surface area (Å²) >= 11 is 3.40. The monoisotopic (exact) mass is 346 g/mol. The number of nitrogens with two attached hydrogens (primary N) is 1. The van der Waals surface area contributed by atoms with Crippen LogP contribution in [0.3, 0.4) is 0 Å². The fraction of sp³-hybridized carbons (Fsp3) is 0.600. The van der Waals surface area contributed by atoms with Gasteiger partial charge >= 0.3 is 0 Å². The van der Waals surface area contributed by atoms with E-state index in [1.807, 2.05) is 6.07 Å². The Morgan fingerprint density at radius 1 is 1.45 bits per heavy atom. The average Bonchev–Trinajstić information content (AvgIpc) is 2.45. The molecule has 1 aromatic rings. The van der Waals surface area contributed by atoms with Crippen LogP contribution in [0.25, 0.3) is 0 Å². The first-order valence-corrected chi connectivity index (χ1v) is 7.74. The molecule has 0 aliphatic carbocycles. The Hall–Kier alpha value is -0.490. The third-order valence-corrected chi connectivity index (χ3v) is 4.14. The van der Waals surface area contributed by atoms with E-state index in [0.717, 1.165) is 17.4 Å². The molecule has 1 rings (SSSR count). The van der Waals surface area contributed by atoms with Crippen LogP contribution in [0.5, 0.6) is 0 Å². The van der Waals surface area contributed by atoms with E-state index in [0.29, 0.717) is 24.8 Å². The molecule has 20 heavy (non-hydrogen) atoms. The Bertz CT molecular complexity index is 417. The standard InChI is InChI=1S/C15H24BrFN2O/c1-4-11(2)19(7-8-20-3)15(10-18)13-9-12(16)5-6-14(13)17/h5-6,9,11,15H,4,7-8,10,18H2,1-3H3. The first kappa shape index (κ1) is 17.6. The molecule has 0 saturated carbocycles. The summed E-state index contributed by atoms with van der Waals surface area (Å²) in [5.41, 5.74) is 6.56. The molecule has 0 radical (unpaired) electrons. The maximum Gasteiger partial charge on any atom is 0.128 e. The first-order valence-electron chi connectivity index (χ1n) is 6.94. The van der Waals surface area contributed by atoms with Crippen molar-refractivity contribution in [3.05, 3.63) is 34.1 Å². The van der Waals surface area contributed by atoms with Gasteiger partial charge in [0.1, 0.15) is 5.82 Å². The van der Waals surface area contributed by atoms with E-state index in [1.54, 1.807) is 13.2 Å². The van der Waals surface area contributed by atoms with Gasteiger partial charge in [0.25, 0.3) is 0 Å². The number of ether oxygens (including phenoxy) is 1. The number of hydrogen-bond acceptors (Lipinski definition) is 3. The summed E-state index contributed by atoms with van der Waals surface area (Å²) in [5.74, 6) is -0.214. The molecule has 0 saturated heterocycles. The normalized spacial score (nSPS) is 14.6. The second-order valence-corrected chi connectivity index (χ2v) is 5.82. The quantitative estimate of drug-likeness (QED) is 0.784. The zero-order valence-electron chi connectivity index (χ0n) is 12.4. The highest BCUT2D eigenvalue weighted by atomic mass is 79.9. The van der Waals surface area contributed by atoms with Gasteiger partial charge in [0, 0.05) is 36.3 Å². The molecule has 2 atom stereocenters. The highest BCUT2D eigenvalue weighted by Gasteiger charge is 2.25. The van der Waals surface area contributed by atoms with Crippen molar-refractivity contribution in [3.63, 3.8) is 0 Å². The molecular weight excluding hydrogens is 323 g/mol. The molecule has 0 amide bonds. The third-order valence-electron chi connectivity index (χ3n) is 3.65. The molecule has 0 spiro atoms. The van der Waals surface area contributed by atoms with Crippen molar-refractivity contribution in [2.75, 3.05) is 26.8 Å². The summed E-state index contributed by atoms with van der Waals surface area (Å²) in [7, 11) is 1.67. The van der Waals surface area contributed by atoms with Gasteiger partial charge in [-0.1, -0.05) is 22.9 Å². The highest BCUT2D eigenvalue weighted by molar-refractivity contribution is 9.10. The van der Waals surface area contributed by atoms with Crippen LogP contribution >= 0.6 is 15.9 Å². The second kappa shape index (κ2) is 8.72. The second-order valence-electron chi connectivity index (χ2n) is 4.91. The lowest BCUT2D eigenvalue weighted by molar-refractivity contribution is 0.0888. The van der Waals surface area contributed by atoms with Gasteiger partial charge in [-0.2, -0.15) is 0 Å². The predicted octanol–water partition coefficient (Wildman–Crippen LogP) is 3.33. The Kier molecular flexibility index (Phi) is 7.66. The summed E-state index contributed by atoms with van der Waals surface area (Å²) < 4.78 is 20.2. The van der Waals surface area contributed by atoms with Crippen molar-refractivity contribution in [2.24, 2.45) is 5.73 Å². The largest absolute Gasteiger partial charge is 0.383 e. The highest BCUT2D eigenvalue weighted by Crippen LogP contribution is 2.27. The maximum absolute atomic E-state index is 14.1. The van der Waals surface area contributed by atoms with Crippen molar-refractivity contribution in [1.82, 2.24) is 4.90 Å². The minimum absolute atomic E-state index is 0.141. The number of methoxy groups -OCH3 is 1. The van der Waals surface area contributed by atoms with Crippen LogP contribution in [0.1, 0.15) is 31.9 Å². The van der Waals surface area contributed by atoms with E-state index in [1.165, 1.54) is 6.07 Å². The van der Waals surface area contributed by atoms with Gasteiger partial charge in [0.05, 0.1) is 12.6 Å². The molecule has 0 heterocycles. The molecule has 3 nitrogen and oxygen atoms in total. The van der Waals surface area contributed by atoms with Gasteiger partial charge in [-0.25, -0.2) is 4.39 Å². The average molecular weight is 347 g/mol. The van der Waals surface area contributed by atoms with Crippen molar-refractivity contribution < 1.29 is 9.13 Å². The van der Waals surface area contributed by atoms with Crippen LogP contribution in [-0.2, 0) is 4.74 Å². The molecule has 0 bridgehead atoms. The molecule has 0 fully saturated rings. The van der Waals surface area contributed by atoms with Gasteiger partial charge in [-0.15, -0.1) is 0 Å². The molecule has 0 aromatic heterocycles. The fourth-order valence-electron chi connectivity index (χ4n) is 2.33. The summed E-state index contributed by atoms with van der Waals surface area (Å²) in [6.45, 7) is 5.97. The molecule has 114 valence electrons. The number of rotatable bonds is 8. The van der Waals surface area contributed by atoms with Gasteiger partial charge in [-0.05, 0) is 31.5 Å². The summed E-state index contributed by atoms with van der Waals surface area (Å²) in [4.78, 5) is 2.22. The molecule has 0 aliphatic rings. The van der Waals surface area contributed by atoms with Gasteiger partial charge in [0.15, 0.2) is 0 Å². The van der Waals surface area contributed by atoms with Crippen LogP contribution in [0.2, 0.25) is 0 Å². The minimum Gasteiger partial charge on any atom is -0.383 e. The molecule has 2 N–H and O–H groups in total. The molecule has 5 heteroatoms. The van der Waals surface area contributed by atoms with E-state index in [-0.39, 0.29) is 11.9 Å². The third kappa shape index (κ3) is 4.52. The van der Waals surface area contributed by atoms with E-state index < -0.39 is 0 Å². The summed E-state index contributed by atoms with van der Waals surface area (Å²) in [6, 6.07) is 5.17. The zero-order valence-corrected chi connectivity index (χ0v) is 14.0. The van der Waals surface area contributed by atoms with Crippen LogP contribution in [0.15, 0.2) is 22.7 Å². The van der Waals surface area contributed by atoms with E-state index in [9.17, 15) is 4.39 Å². The zero-order chi connectivity index (χ0) is 15.1. The molecular formula is C15H24BrFN2O. The lowest BCUT2D eigenvalue weighted by Gasteiger charge is -2.36. The summed E-state index contributed by atoms with van der Waals surface area (Å²) in [5, 5.41) is 0. The topological polar surface area (TPSA) is 38.5 Å². The first-order chi connectivity index (χ1) is 9.54. The van der Waals surface area contributed by atoms with Crippen LogP contribution in [0.4, 0.5) is 4.39 Å². The Morgan fingerprint density at radius 2 is 2.15 bits per heavy atom. The smallest absolute Gasteiger partial charge is 0.128 e. The van der Waals surface area contributed by atoms with Crippen molar-refractivity contribution in [1.29, 1.82) is 0 Å². The van der Waals surface area contributed by atoms with Crippen molar-refractivity contribution >= 4 is 15.9 Å². The maximum atomic E-state index is 14.1. The van der Waals surface area contributed by atoms with Crippen molar-refractivity contribution in [3.8, 4) is 0 Å². The van der Waals surface area contributed by atoms with Crippen LogP contribution in [-0.4, -0.2) is 37.7 Å². The van der Waals surface area contributed by atoms with Gasteiger partial charge < -0.3 is 10.5 Å². The minimum atomic E-state index is -0.214. The number of benzene rings is 1. The Labute approximate surface area is 129 Å². The number of halogens is 2. The fourth-order valence-corrected chi connectivity index (χ4v) is 2.70. The number of hydrogen-bond donors (Lipinski definition) is 1. The molecule has 2 unspecified atom stereocenters. The summed E-state index contributed by atoms with van der Waals surface area (Å²) in [6.07, 6.45) is 0.982. The van der Waals surface area contributed by atoms with E-state index >= 15 is 0 Å². The van der Waals surface area contributed by atoms with Crippen LogP contribution in [0, 0.1) is 5.82 Å². The molecule has 0 aliphatic heterocycles. The van der Waals surface area contributed by atoms with E-state index in [2.05, 4.69) is 34.7 Å². The lowest BCUT2D eigenvalue weighted by Crippen LogP contribution is -2.42. The SMILES string of the molecule is CCC(C)N(CCOC)C(CN)c1cc(Br)ccc1F. The molecule has 1 aromatic carbocycles. The van der Waals surface area contributed by atoms with Crippen molar-refractivity contribution in [2.45, 2.75) is 32.4 Å². The van der Waals surface area contributed by atoms with Gasteiger partial charge in [0.2, 0.25) is 0 Å².